The zero-order valence-corrected chi connectivity index (χ0v) is 11.2. The third-order valence-electron chi connectivity index (χ3n) is 4.69. The van der Waals surface area contributed by atoms with Crippen LogP contribution in [0.2, 0.25) is 0 Å². The highest BCUT2D eigenvalue weighted by Crippen LogP contribution is 2.52. The summed E-state index contributed by atoms with van der Waals surface area (Å²) in [5.41, 5.74) is 0. The van der Waals surface area contributed by atoms with E-state index in [1.165, 1.54) is 44.9 Å². The molecule has 0 aromatic heterocycles. The molecule has 6 unspecified atom stereocenters. The minimum Gasteiger partial charge on any atom is -0.369 e. The Kier molecular flexibility index (Phi) is 3.45. The topological polar surface area (TPSA) is 25.1 Å². The summed E-state index contributed by atoms with van der Waals surface area (Å²) in [4.78, 5) is 0. The molecule has 0 amide bonds. The molecule has 0 radical (unpaired) electrons. The predicted molar refractivity (Wildman–Crippen MR) is 68.0 cm³/mol. The van der Waals surface area contributed by atoms with E-state index in [1.54, 1.807) is 0 Å². The maximum Gasteiger partial charge on any atom is 0.0873 e. The van der Waals surface area contributed by atoms with Gasteiger partial charge in [0.1, 0.15) is 0 Å². The van der Waals surface area contributed by atoms with E-state index in [2.05, 4.69) is 13.8 Å². The molecule has 2 nitrogen and oxygen atoms in total. The molecule has 2 aliphatic heterocycles. The lowest BCUT2D eigenvalue weighted by Gasteiger charge is -2.28. The SMILES string of the molecule is C1CC2OC2C(C2CCCC3OC32)C1.CCC. The van der Waals surface area contributed by atoms with Gasteiger partial charge < -0.3 is 9.47 Å². The maximum absolute atomic E-state index is 5.75. The first-order valence-electron chi connectivity index (χ1n) is 7.66. The van der Waals surface area contributed by atoms with Crippen LogP contribution in [0, 0.1) is 11.8 Å². The fourth-order valence-electron chi connectivity index (χ4n) is 3.88. The van der Waals surface area contributed by atoms with Gasteiger partial charge in [-0.3, -0.25) is 0 Å². The van der Waals surface area contributed by atoms with Gasteiger partial charge in [-0.1, -0.05) is 33.1 Å². The normalized spacial score (nSPS) is 50.5. The van der Waals surface area contributed by atoms with Crippen LogP contribution in [-0.4, -0.2) is 24.4 Å². The quantitative estimate of drug-likeness (QED) is 0.653. The summed E-state index contributed by atoms with van der Waals surface area (Å²) in [5, 5.41) is 0. The van der Waals surface area contributed by atoms with E-state index in [0.717, 1.165) is 11.8 Å². The van der Waals surface area contributed by atoms with Crippen molar-refractivity contribution in [2.24, 2.45) is 11.8 Å². The number of rotatable bonds is 1. The lowest BCUT2D eigenvalue weighted by atomic mass is 9.73. The third kappa shape index (κ3) is 2.39. The van der Waals surface area contributed by atoms with E-state index in [9.17, 15) is 0 Å². The largest absolute Gasteiger partial charge is 0.369 e. The van der Waals surface area contributed by atoms with Crippen molar-refractivity contribution in [2.45, 2.75) is 83.2 Å². The number of epoxide rings is 2. The molecule has 2 heterocycles. The average Bonchev–Trinajstić information content (AvgIpc) is 3.21. The molecule has 4 aliphatic rings. The van der Waals surface area contributed by atoms with Gasteiger partial charge in [-0.25, -0.2) is 0 Å². The van der Waals surface area contributed by atoms with Crippen molar-refractivity contribution in [3.8, 4) is 0 Å². The lowest BCUT2D eigenvalue weighted by Crippen LogP contribution is -2.31. The fraction of sp³-hybridized carbons (Fsp3) is 1.00. The smallest absolute Gasteiger partial charge is 0.0873 e. The third-order valence-corrected chi connectivity index (χ3v) is 4.69. The Morgan fingerprint density at radius 2 is 1.18 bits per heavy atom. The molecule has 4 fully saturated rings. The van der Waals surface area contributed by atoms with Crippen molar-refractivity contribution in [2.75, 3.05) is 0 Å². The lowest BCUT2D eigenvalue weighted by molar-refractivity contribution is 0.181. The zero-order valence-electron chi connectivity index (χ0n) is 11.2. The van der Waals surface area contributed by atoms with Crippen molar-refractivity contribution < 1.29 is 9.47 Å². The molecule has 6 atom stereocenters. The van der Waals surface area contributed by atoms with Gasteiger partial charge in [-0.15, -0.1) is 0 Å². The summed E-state index contributed by atoms with van der Waals surface area (Å²) in [6.07, 6.45) is 12.0. The van der Waals surface area contributed by atoms with Crippen LogP contribution in [0.5, 0.6) is 0 Å². The van der Waals surface area contributed by atoms with Gasteiger partial charge in [-0.05, 0) is 37.5 Å². The summed E-state index contributed by atoms with van der Waals surface area (Å²) in [5.74, 6) is 1.70. The summed E-state index contributed by atoms with van der Waals surface area (Å²) >= 11 is 0. The monoisotopic (exact) mass is 238 g/mol. The van der Waals surface area contributed by atoms with Crippen LogP contribution < -0.4 is 0 Å². The van der Waals surface area contributed by atoms with Crippen LogP contribution in [0.15, 0.2) is 0 Å². The van der Waals surface area contributed by atoms with E-state index in [4.69, 9.17) is 9.47 Å². The van der Waals surface area contributed by atoms with Gasteiger partial charge in [0.05, 0.1) is 24.4 Å². The van der Waals surface area contributed by atoms with E-state index in [1.807, 2.05) is 0 Å². The van der Waals surface area contributed by atoms with Gasteiger partial charge in [-0.2, -0.15) is 0 Å². The van der Waals surface area contributed by atoms with Crippen molar-refractivity contribution in [1.29, 1.82) is 0 Å². The molecule has 2 heteroatoms. The molecule has 2 saturated carbocycles. The number of ether oxygens (including phenoxy) is 2. The molecule has 4 rings (SSSR count). The molecule has 0 N–H and O–H groups in total. The number of fused-ring (bicyclic) bond motifs is 2. The fourth-order valence-corrected chi connectivity index (χ4v) is 3.88. The van der Waals surface area contributed by atoms with E-state index in [0.29, 0.717) is 24.4 Å². The molecule has 98 valence electrons. The van der Waals surface area contributed by atoms with Crippen molar-refractivity contribution in [1.82, 2.24) is 0 Å². The Morgan fingerprint density at radius 3 is 1.59 bits per heavy atom. The second-order valence-corrected chi connectivity index (χ2v) is 6.17. The molecule has 17 heavy (non-hydrogen) atoms. The molecular formula is C15H26O2. The summed E-state index contributed by atoms with van der Waals surface area (Å²) < 4.78 is 11.5. The molecular weight excluding hydrogens is 212 g/mol. The molecule has 0 aromatic carbocycles. The van der Waals surface area contributed by atoms with Crippen LogP contribution in [0.1, 0.15) is 58.8 Å². The summed E-state index contributed by atoms with van der Waals surface area (Å²) in [6, 6.07) is 0. The van der Waals surface area contributed by atoms with Gasteiger partial charge in [0.25, 0.3) is 0 Å². The Hall–Kier alpha value is -0.0800. The van der Waals surface area contributed by atoms with E-state index in [-0.39, 0.29) is 0 Å². The van der Waals surface area contributed by atoms with E-state index < -0.39 is 0 Å². The molecule has 0 aromatic rings. The Bertz CT molecular complexity index is 240. The Morgan fingerprint density at radius 1 is 0.765 bits per heavy atom. The second kappa shape index (κ2) is 4.89. The van der Waals surface area contributed by atoms with Gasteiger partial charge in [0.2, 0.25) is 0 Å². The second-order valence-electron chi connectivity index (χ2n) is 6.17. The minimum absolute atomic E-state index is 0.636. The standard InChI is InChI=1S/C12H18O2.C3H8/c1-3-7(11-9(5-1)13-11)8-4-2-6-10-12(8)14-10;1-3-2/h7-12H,1-6H2;3H2,1-2H3. The first-order chi connectivity index (χ1) is 8.35. The molecule has 0 bridgehead atoms. The first-order valence-corrected chi connectivity index (χ1v) is 7.66. The van der Waals surface area contributed by atoms with Crippen molar-refractivity contribution in [3.05, 3.63) is 0 Å². The predicted octanol–water partition coefficient (Wildman–Crippen LogP) is 3.54. The van der Waals surface area contributed by atoms with E-state index >= 15 is 0 Å². The highest BCUT2D eigenvalue weighted by atomic mass is 16.6. The first kappa shape index (κ1) is 12.0. The van der Waals surface area contributed by atoms with Crippen molar-refractivity contribution >= 4 is 0 Å². The summed E-state index contributed by atoms with van der Waals surface area (Å²) in [7, 11) is 0. The van der Waals surface area contributed by atoms with Crippen LogP contribution in [0.4, 0.5) is 0 Å². The van der Waals surface area contributed by atoms with Crippen LogP contribution in [0.25, 0.3) is 0 Å². The maximum atomic E-state index is 5.75. The van der Waals surface area contributed by atoms with Crippen molar-refractivity contribution in [3.63, 3.8) is 0 Å². The Balaban J connectivity index is 0.000000276. The molecule has 2 saturated heterocycles. The van der Waals surface area contributed by atoms with Crippen LogP contribution >= 0.6 is 0 Å². The molecule has 2 aliphatic carbocycles. The number of hydrogen-bond donors (Lipinski definition) is 0. The zero-order chi connectivity index (χ0) is 11.8. The van der Waals surface area contributed by atoms with Gasteiger partial charge in [0.15, 0.2) is 0 Å². The number of hydrogen-bond acceptors (Lipinski definition) is 2. The van der Waals surface area contributed by atoms with Crippen LogP contribution in [0.3, 0.4) is 0 Å². The summed E-state index contributed by atoms with van der Waals surface area (Å²) in [6.45, 7) is 4.25. The van der Waals surface area contributed by atoms with Gasteiger partial charge in [0, 0.05) is 0 Å². The highest BCUT2D eigenvalue weighted by molar-refractivity contribution is 5.04. The highest BCUT2D eigenvalue weighted by Gasteiger charge is 2.56. The Labute approximate surface area is 105 Å². The molecule has 0 spiro atoms. The average molecular weight is 238 g/mol. The van der Waals surface area contributed by atoms with Crippen LogP contribution in [-0.2, 0) is 9.47 Å². The van der Waals surface area contributed by atoms with Gasteiger partial charge >= 0.3 is 0 Å². The minimum atomic E-state index is 0.636.